The number of para-hydroxylation sites is 1. The van der Waals surface area contributed by atoms with Crippen molar-refractivity contribution >= 4 is 0 Å². The van der Waals surface area contributed by atoms with Crippen molar-refractivity contribution in [2.45, 2.75) is 38.0 Å². The molecule has 138 valence electrons. The van der Waals surface area contributed by atoms with Crippen molar-refractivity contribution in [1.82, 2.24) is 0 Å². The molecule has 0 spiro atoms. The maximum Gasteiger partial charge on any atom is 0.166 e. The number of ether oxygens (including phenoxy) is 2. The van der Waals surface area contributed by atoms with Crippen LogP contribution in [0, 0.1) is 0 Å². The summed E-state index contributed by atoms with van der Waals surface area (Å²) >= 11 is 0. The summed E-state index contributed by atoms with van der Waals surface area (Å²) < 4.78 is 12.4. The monoisotopic (exact) mass is 359 g/mol. The van der Waals surface area contributed by atoms with Gasteiger partial charge in [-0.25, -0.2) is 0 Å². The summed E-state index contributed by atoms with van der Waals surface area (Å²) in [5, 5.41) is 0. The van der Waals surface area contributed by atoms with Crippen LogP contribution in [0.3, 0.4) is 0 Å². The molecule has 0 bridgehead atoms. The Morgan fingerprint density at radius 2 is 1.30 bits per heavy atom. The first kappa shape index (κ1) is 17.6. The summed E-state index contributed by atoms with van der Waals surface area (Å²) in [6.45, 7) is 0.999. The van der Waals surface area contributed by atoms with E-state index in [0.29, 0.717) is 13.2 Å². The second-order valence-electron chi connectivity index (χ2n) is 7.19. The lowest BCUT2D eigenvalue weighted by molar-refractivity contribution is 0.218. The van der Waals surface area contributed by atoms with Crippen molar-refractivity contribution in [3.8, 4) is 11.5 Å². The van der Waals surface area contributed by atoms with Gasteiger partial charge in [0.25, 0.3) is 0 Å². The lowest BCUT2D eigenvalue weighted by atomic mass is 9.72. The molecule has 0 saturated heterocycles. The van der Waals surface area contributed by atoms with Gasteiger partial charge in [-0.1, -0.05) is 72.8 Å². The highest BCUT2D eigenvalue weighted by atomic mass is 16.5. The highest BCUT2D eigenvalue weighted by molar-refractivity contribution is 5.51. The van der Waals surface area contributed by atoms with Crippen LogP contribution in [-0.4, -0.2) is 0 Å². The minimum Gasteiger partial charge on any atom is -0.485 e. The van der Waals surface area contributed by atoms with E-state index in [4.69, 9.17) is 15.2 Å². The van der Waals surface area contributed by atoms with Crippen LogP contribution in [0.25, 0.3) is 0 Å². The molecule has 4 rings (SSSR count). The molecule has 0 radical (unpaired) electrons. The first-order valence-electron chi connectivity index (χ1n) is 9.50. The average molecular weight is 359 g/mol. The molecule has 3 nitrogen and oxygen atoms in total. The van der Waals surface area contributed by atoms with Gasteiger partial charge >= 0.3 is 0 Å². The normalized spacial score (nSPS) is 15.0. The Kier molecular flexibility index (Phi) is 5.12. The molecule has 3 heteroatoms. The van der Waals surface area contributed by atoms with Gasteiger partial charge in [-0.3, -0.25) is 0 Å². The zero-order valence-electron chi connectivity index (χ0n) is 15.4. The van der Waals surface area contributed by atoms with E-state index in [2.05, 4.69) is 30.3 Å². The largest absolute Gasteiger partial charge is 0.485 e. The molecule has 27 heavy (non-hydrogen) atoms. The summed E-state index contributed by atoms with van der Waals surface area (Å²) in [5.74, 6) is 1.53. The SMILES string of the molecule is NC1(c2cccc(OCc3ccccc3)c2OCc2ccccc2)CCC1. The molecule has 3 aromatic carbocycles. The maximum absolute atomic E-state index is 6.63. The Balaban J connectivity index is 1.60. The highest BCUT2D eigenvalue weighted by Crippen LogP contribution is 2.46. The van der Waals surface area contributed by atoms with Gasteiger partial charge in [0.05, 0.1) is 0 Å². The van der Waals surface area contributed by atoms with E-state index in [1.165, 1.54) is 0 Å². The van der Waals surface area contributed by atoms with Crippen LogP contribution in [0.2, 0.25) is 0 Å². The first-order valence-corrected chi connectivity index (χ1v) is 9.50. The molecular formula is C24H25NO2. The fraction of sp³-hybridized carbons (Fsp3) is 0.250. The molecule has 1 aliphatic rings. The van der Waals surface area contributed by atoms with Crippen molar-refractivity contribution in [3.63, 3.8) is 0 Å². The Morgan fingerprint density at radius 1 is 0.704 bits per heavy atom. The molecule has 0 heterocycles. The molecule has 2 N–H and O–H groups in total. The van der Waals surface area contributed by atoms with E-state index < -0.39 is 0 Å². The van der Waals surface area contributed by atoms with Crippen molar-refractivity contribution in [3.05, 3.63) is 95.6 Å². The van der Waals surface area contributed by atoms with Crippen molar-refractivity contribution in [2.24, 2.45) is 5.73 Å². The molecule has 0 aliphatic heterocycles. The van der Waals surface area contributed by atoms with Crippen LogP contribution in [0.4, 0.5) is 0 Å². The molecule has 0 atom stereocenters. The van der Waals surface area contributed by atoms with E-state index in [1.54, 1.807) is 0 Å². The van der Waals surface area contributed by atoms with Gasteiger partial charge in [0.1, 0.15) is 13.2 Å². The minimum absolute atomic E-state index is 0.307. The third kappa shape index (κ3) is 3.99. The summed E-state index contributed by atoms with van der Waals surface area (Å²) in [7, 11) is 0. The van der Waals surface area contributed by atoms with Crippen LogP contribution in [0.1, 0.15) is 36.0 Å². The van der Waals surface area contributed by atoms with Crippen molar-refractivity contribution < 1.29 is 9.47 Å². The number of hydrogen-bond donors (Lipinski definition) is 1. The minimum atomic E-state index is -0.307. The maximum atomic E-state index is 6.63. The number of rotatable bonds is 7. The zero-order valence-corrected chi connectivity index (χ0v) is 15.4. The van der Waals surface area contributed by atoms with E-state index in [0.717, 1.165) is 47.5 Å². The predicted molar refractivity (Wildman–Crippen MR) is 108 cm³/mol. The Morgan fingerprint density at radius 3 is 1.85 bits per heavy atom. The fourth-order valence-corrected chi connectivity index (χ4v) is 3.46. The van der Waals surface area contributed by atoms with Crippen molar-refractivity contribution in [2.75, 3.05) is 0 Å². The molecule has 1 aliphatic carbocycles. The second-order valence-corrected chi connectivity index (χ2v) is 7.19. The third-order valence-corrected chi connectivity index (χ3v) is 5.22. The van der Waals surface area contributed by atoms with Gasteiger partial charge in [0, 0.05) is 11.1 Å². The van der Waals surface area contributed by atoms with Gasteiger partial charge in [0.15, 0.2) is 11.5 Å². The Bertz CT molecular complexity index is 873. The molecule has 0 unspecified atom stereocenters. The molecule has 0 aromatic heterocycles. The zero-order chi connectivity index (χ0) is 18.5. The predicted octanol–water partition coefficient (Wildman–Crippen LogP) is 5.18. The molecular weight excluding hydrogens is 334 g/mol. The van der Waals surface area contributed by atoms with Gasteiger partial charge in [0.2, 0.25) is 0 Å². The summed E-state index contributed by atoms with van der Waals surface area (Å²) in [6.07, 6.45) is 3.12. The molecule has 3 aromatic rings. The molecule has 0 amide bonds. The van der Waals surface area contributed by atoms with Crippen LogP contribution in [-0.2, 0) is 18.8 Å². The van der Waals surface area contributed by atoms with Crippen LogP contribution >= 0.6 is 0 Å². The summed E-state index contributed by atoms with van der Waals surface area (Å²) in [6, 6.07) is 26.4. The quantitative estimate of drug-likeness (QED) is 0.632. The Labute approximate surface area is 160 Å². The molecule has 1 fully saturated rings. The van der Waals surface area contributed by atoms with Crippen LogP contribution in [0.15, 0.2) is 78.9 Å². The average Bonchev–Trinajstić information content (AvgIpc) is 2.70. The number of benzene rings is 3. The van der Waals surface area contributed by atoms with E-state index in [-0.39, 0.29) is 5.54 Å². The van der Waals surface area contributed by atoms with Gasteiger partial charge in [-0.2, -0.15) is 0 Å². The van der Waals surface area contributed by atoms with Crippen LogP contribution in [0.5, 0.6) is 11.5 Å². The van der Waals surface area contributed by atoms with E-state index in [1.807, 2.05) is 48.5 Å². The van der Waals surface area contributed by atoms with Gasteiger partial charge in [-0.05, 0) is 36.5 Å². The van der Waals surface area contributed by atoms with Crippen molar-refractivity contribution in [1.29, 1.82) is 0 Å². The van der Waals surface area contributed by atoms with E-state index in [9.17, 15) is 0 Å². The number of nitrogens with two attached hydrogens (primary N) is 1. The second kappa shape index (κ2) is 7.85. The van der Waals surface area contributed by atoms with Gasteiger partial charge in [-0.15, -0.1) is 0 Å². The standard InChI is InChI=1S/C24H25NO2/c25-24(15-8-16-24)21-13-7-14-22(26-17-19-9-3-1-4-10-19)23(21)27-18-20-11-5-2-6-12-20/h1-7,9-14H,8,15-18,25H2. The van der Waals surface area contributed by atoms with Crippen LogP contribution < -0.4 is 15.2 Å². The Hall–Kier alpha value is -2.78. The highest BCUT2D eigenvalue weighted by Gasteiger charge is 2.37. The summed E-state index contributed by atoms with van der Waals surface area (Å²) in [5.41, 5.74) is 9.63. The third-order valence-electron chi connectivity index (χ3n) is 5.22. The fourth-order valence-electron chi connectivity index (χ4n) is 3.46. The smallest absolute Gasteiger partial charge is 0.166 e. The summed E-state index contributed by atoms with van der Waals surface area (Å²) in [4.78, 5) is 0. The number of hydrogen-bond acceptors (Lipinski definition) is 3. The van der Waals surface area contributed by atoms with Gasteiger partial charge < -0.3 is 15.2 Å². The lowest BCUT2D eigenvalue weighted by Gasteiger charge is -2.39. The van der Waals surface area contributed by atoms with E-state index >= 15 is 0 Å². The molecule has 1 saturated carbocycles. The topological polar surface area (TPSA) is 44.5 Å². The first-order chi connectivity index (χ1) is 13.2. The lowest BCUT2D eigenvalue weighted by Crippen LogP contribution is -2.43.